The van der Waals surface area contributed by atoms with Crippen LogP contribution < -0.4 is 0 Å². The molecule has 2 heterocycles. The molecule has 0 aromatic rings. The van der Waals surface area contributed by atoms with Crippen molar-refractivity contribution in [1.29, 1.82) is 0 Å². The van der Waals surface area contributed by atoms with E-state index in [2.05, 4.69) is 31.9 Å². The molecule has 2 saturated carbocycles. The van der Waals surface area contributed by atoms with E-state index in [-0.39, 0.29) is 0 Å². The third-order valence-corrected chi connectivity index (χ3v) is 8.33. The molecule has 0 spiro atoms. The highest BCUT2D eigenvalue weighted by Gasteiger charge is 2.94. The molecule has 4 rings (SSSR count). The fourth-order valence-electron chi connectivity index (χ4n) is 4.90. The fourth-order valence-corrected chi connectivity index (χ4v) is 7.72. The van der Waals surface area contributed by atoms with Gasteiger partial charge < -0.3 is 23.7 Å². The van der Waals surface area contributed by atoms with Crippen LogP contribution in [0.1, 0.15) is 6.92 Å². The zero-order valence-corrected chi connectivity index (χ0v) is 16.1. The molecule has 0 radical (unpaired) electrons. The number of rotatable bonds is 3. The van der Waals surface area contributed by atoms with Gasteiger partial charge in [0.1, 0.15) is 12.2 Å². The zero-order valence-electron chi connectivity index (χ0n) is 12.9. The van der Waals surface area contributed by atoms with E-state index in [9.17, 15) is 14.4 Å². The van der Waals surface area contributed by atoms with Crippen molar-refractivity contribution in [1.82, 2.24) is 0 Å². The standard InChI is InChI=1S/C14H14Br2O8/c1-4(17)22-9-7-5-6-8(9)24-11(19)13(6,16)14(20-2,21-3)12(5,15)10(18)23-7/h5-9H,1-3H3/t5-,6+,7-,8+,9?,12+,13-. The van der Waals surface area contributed by atoms with E-state index in [0.29, 0.717) is 0 Å². The Hall–Kier alpha value is -0.710. The van der Waals surface area contributed by atoms with Gasteiger partial charge in [-0.05, 0) is 0 Å². The molecule has 2 aliphatic carbocycles. The number of esters is 3. The molecule has 24 heavy (non-hydrogen) atoms. The lowest BCUT2D eigenvalue weighted by molar-refractivity contribution is -0.231. The molecule has 0 aromatic carbocycles. The van der Waals surface area contributed by atoms with Crippen molar-refractivity contribution in [3.8, 4) is 0 Å². The summed E-state index contributed by atoms with van der Waals surface area (Å²) in [7, 11) is 2.70. The highest BCUT2D eigenvalue weighted by atomic mass is 79.9. The first-order valence-corrected chi connectivity index (χ1v) is 8.86. The second kappa shape index (κ2) is 4.72. The van der Waals surface area contributed by atoms with Gasteiger partial charge in [-0.2, -0.15) is 0 Å². The van der Waals surface area contributed by atoms with Crippen LogP contribution in [0.3, 0.4) is 0 Å². The predicted octanol–water partition coefficient (Wildman–Crippen LogP) is 0.285. The summed E-state index contributed by atoms with van der Waals surface area (Å²) in [6.45, 7) is 1.25. The number of carbonyl (C=O) groups excluding carboxylic acids is 3. The van der Waals surface area contributed by atoms with Crippen molar-refractivity contribution in [2.24, 2.45) is 11.8 Å². The summed E-state index contributed by atoms with van der Waals surface area (Å²) in [6, 6.07) is 0. The lowest BCUT2D eigenvalue weighted by Gasteiger charge is -2.42. The van der Waals surface area contributed by atoms with Crippen molar-refractivity contribution in [3.63, 3.8) is 0 Å². The molecule has 10 heteroatoms. The van der Waals surface area contributed by atoms with Crippen LogP contribution in [0.25, 0.3) is 0 Å². The molecule has 2 saturated heterocycles. The van der Waals surface area contributed by atoms with E-state index in [0.717, 1.165) is 0 Å². The molecule has 4 fully saturated rings. The van der Waals surface area contributed by atoms with E-state index in [1.807, 2.05) is 0 Å². The Balaban J connectivity index is 1.94. The Kier molecular flexibility index (Phi) is 3.29. The van der Waals surface area contributed by atoms with Crippen LogP contribution in [-0.4, -0.2) is 64.9 Å². The molecule has 0 bridgehead atoms. The van der Waals surface area contributed by atoms with Gasteiger partial charge in [-0.3, -0.25) is 14.4 Å². The molecule has 0 amide bonds. The molecule has 7 atom stereocenters. The minimum Gasteiger partial charge on any atom is -0.457 e. The van der Waals surface area contributed by atoms with E-state index < -0.39 is 62.5 Å². The van der Waals surface area contributed by atoms with Gasteiger partial charge in [-0.25, -0.2) is 0 Å². The average molecular weight is 470 g/mol. The second-order valence-corrected chi connectivity index (χ2v) is 8.82. The molecule has 4 aliphatic rings. The van der Waals surface area contributed by atoms with Gasteiger partial charge in [0.2, 0.25) is 5.79 Å². The Morgan fingerprint density at radius 1 is 1.00 bits per heavy atom. The van der Waals surface area contributed by atoms with Crippen molar-refractivity contribution >= 4 is 49.8 Å². The van der Waals surface area contributed by atoms with Gasteiger partial charge in [-0.1, -0.05) is 31.9 Å². The topological polar surface area (TPSA) is 97.4 Å². The second-order valence-electron chi connectivity index (χ2n) is 6.31. The summed E-state index contributed by atoms with van der Waals surface area (Å²) in [5.74, 6) is -4.55. The van der Waals surface area contributed by atoms with Crippen LogP contribution >= 0.6 is 31.9 Å². The molecule has 0 aromatic heterocycles. The number of alkyl halides is 2. The molecule has 2 aliphatic heterocycles. The van der Waals surface area contributed by atoms with Crippen LogP contribution in [-0.2, 0) is 38.1 Å². The summed E-state index contributed by atoms with van der Waals surface area (Å²) in [5, 5.41) is 0. The predicted molar refractivity (Wildman–Crippen MR) is 82.4 cm³/mol. The average Bonchev–Trinajstić information content (AvgIpc) is 3.10. The van der Waals surface area contributed by atoms with E-state index >= 15 is 0 Å². The first kappa shape index (κ1) is 16.7. The Morgan fingerprint density at radius 3 is 1.75 bits per heavy atom. The number of carbonyl (C=O) groups is 3. The summed E-state index contributed by atoms with van der Waals surface area (Å²) in [5.41, 5.74) is 0. The lowest BCUT2D eigenvalue weighted by atomic mass is 9.90. The van der Waals surface area contributed by atoms with E-state index in [1.54, 1.807) is 0 Å². The number of hydrogen-bond acceptors (Lipinski definition) is 8. The highest BCUT2D eigenvalue weighted by Crippen LogP contribution is 2.74. The van der Waals surface area contributed by atoms with Crippen molar-refractivity contribution in [2.75, 3.05) is 14.2 Å². The van der Waals surface area contributed by atoms with Crippen molar-refractivity contribution in [3.05, 3.63) is 0 Å². The Labute approximate surface area is 153 Å². The molecule has 132 valence electrons. The minimum atomic E-state index is -1.67. The fraction of sp³-hybridized carbons (Fsp3) is 0.786. The highest BCUT2D eigenvalue weighted by molar-refractivity contribution is 9.11. The number of methoxy groups -OCH3 is 2. The minimum absolute atomic E-state index is 0.537. The van der Waals surface area contributed by atoms with Gasteiger partial charge >= 0.3 is 17.9 Å². The number of halogens is 2. The molecular formula is C14H14Br2O8. The third-order valence-electron chi connectivity index (χ3n) is 5.58. The first-order chi connectivity index (χ1) is 11.2. The van der Waals surface area contributed by atoms with Gasteiger partial charge in [0.25, 0.3) is 0 Å². The summed E-state index contributed by atoms with van der Waals surface area (Å²) < 4.78 is 24.6. The molecular weight excluding hydrogens is 456 g/mol. The van der Waals surface area contributed by atoms with Gasteiger partial charge in [0.05, 0.1) is 0 Å². The van der Waals surface area contributed by atoms with Gasteiger partial charge in [0.15, 0.2) is 14.8 Å². The summed E-state index contributed by atoms with van der Waals surface area (Å²) in [6.07, 6.45) is -2.38. The first-order valence-electron chi connectivity index (χ1n) is 7.28. The van der Waals surface area contributed by atoms with Crippen LogP contribution in [0, 0.1) is 11.8 Å². The normalized spacial score (nSPS) is 49.8. The Morgan fingerprint density at radius 2 is 1.42 bits per heavy atom. The molecule has 1 unspecified atom stereocenters. The monoisotopic (exact) mass is 468 g/mol. The van der Waals surface area contributed by atoms with Crippen molar-refractivity contribution < 1.29 is 38.1 Å². The van der Waals surface area contributed by atoms with E-state index in [4.69, 9.17) is 23.7 Å². The van der Waals surface area contributed by atoms with Crippen LogP contribution in [0.4, 0.5) is 0 Å². The summed E-state index contributed by atoms with van der Waals surface area (Å²) in [4.78, 5) is 36.9. The van der Waals surface area contributed by atoms with Gasteiger partial charge in [0, 0.05) is 33.0 Å². The molecule has 8 nitrogen and oxygen atoms in total. The van der Waals surface area contributed by atoms with Crippen LogP contribution in [0.15, 0.2) is 0 Å². The lowest BCUT2D eigenvalue weighted by Crippen LogP contribution is -2.65. The largest absolute Gasteiger partial charge is 0.457 e. The third kappa shape index (κ3) is 1.39. The maximum atomic E-state index is 12.7. The summed E-state index contributed by atoms with van der Waals surface area (Å²) >= 11 is 6.92. The van der Waals surface area contributed by atoms with Crippen LogP contribution in [0.5, 0.6) is 0 Å². The smallest absolute Gasteiger partial charge is 0.329 e. The van der Waals surface area contributed by atoms with E-state index in [1.165, 1.54) is 21.1 Å². The van der Waals surface area contributed by atoms with Crippen molar-refractivity contribution in [2.45, 2.75) is 39.7 Å². The quantitative estimate of drug-likeness (QED) is 0.252. The number of hydrogen-bond donors (Lipinski definition) is 0. The maximum Gasteiger partial charge on any atom is 0.329 e. The maximum absolute atomic E-state index is 12.7. The van der Waals surface area contributed by atoms with Crippen LogP contribution in [0.2, 0.25) is 0 Å². The SMILES string of the molecule is COC1(OC)[C@@]2(Br)C(=O)O[C@H]3C(OC(C)=O)[C@H]4OC(=O)[C@]1(Br)[C@H]4[C@H]32. The molecule has 0 N–H and O–H groups in total. The zero-order chi connectivity index (χ0) is 17.7. The Bertz CT molecular complexity index is 619. The number of ether oxygens (including phenoxy) is 5. The van der Waals surface area contributed by atoms with Gasteiger partial charge in [-0.15, -0.1) is 0 Å².